The van der Waals surface area contributed by atoms with E-state index < -0.39 is 5.41 Å². The van der Waals surface area contributed by atoms with E-state index in [1.54, 1.807) is 0 Å². The maximum atomic E-state index is 11.1. The molecule has 0 spiro atoms. The molecule has 1 amide bonds. The minimum atomic E-state index is -0.493. The van der Waals surface area contributed by atoms with Crippen molar-refractivity contribution in [1.82, 2.24) is 9.88 Å². The Hall–Kier alpha value is -1.29. The van der Waals surface area contributed by atoms with E-state index in [1.807, 2.05) is 13.8 Å². The van der Waals surface area contributed by atoms with E-state index >= 15 is 0 Å². The predicted octanol–water partition coefficient (Wildman–Crippen LogP) is 1.11. The van der Waals surface area contributed by atoms with Gasteiger partial charge in [-0.15, -0.1) is 0 Å². The molecular weight excluding hydrogens is 202 g/mol. The molecule has 0 bridgehead atoms. The van der Waals surface area contributed by atoms with Crippen molar-refractivity contribution in [3.8, 4) is 0 Å². The van der Waals surface area contributed by atoms with Crippen LogP contribution in [0, 0.1) is 5.41 Å². The fourth-order valence-corrected chi connectivity index (χ4v) is 1.40. The third-order valence-electron chi connectivity index (χ3n) is 2.74. The van der Waals surface area contributed by atoms with Crippen LogP contribution in [0.25, 0.3) is 0 Å². The molecule has 4 heteroatoms. The summed E-state index contributed by atoms with van der Waals surface area (Å²) in [6, 6.07) is 2.08. The van der Waals surface area contributed by atoms with Gasteiger partial charge in [0, 0.05) is 32.0 Å². The van der Waals surface area contributed by atoms with E-state index in [0.29, 0.717) is 6.54 Å². The van der Waals surface area contributed by atoms with Gasteiger partial charge in [0.15, 0.2) is 0 Å². The van der Waals surface area contributed by atoms with Crippen molar-refractivity contribution in [3.63, 3.8) is 0 Å². The number of aromatic nitrogens is 1. The van der Waals surface area contributed by atoms with Crippen LogP contribution in [0.3, 0.4) is 0 Å². The van der Waals surface area contributed by atoms with Gasteiger partial charge in [-0.1, -0.05) is 0 Å². The number of amides is 1. The summed E-state index contributed by atoms with van der Waals surface area (Å²) in [5, 5.41) is 3.25. The third kappa shape index (κ3) is 3.38. The van der Waals surface area contributed by atoms with E-state index in [0.717, 1.165) is 13.1 Å². The monoisotopic (exact) mass is 223 g/mol. The Balaban J connectivity index is 2.38. The molecule has 1 heterocycles. The lowest BCUT2D eigenvalue weighted by molar-refractivity contribution is -0.125. The zero-order chi connectivity index (χ0) is 12.2. The van der Waals surface area contributed by atoms with Gasteiger partial charge in [-0.3, -0.25) is 4.79 Å². The molecule has 1 aromatic heterocycles. The number of primary amides is 1. The van der Waals surface area contributed by atoms with Gasteiger partial charge in [-0.05, 0) is 32.4 Å². The number of hydrogen-bond donors (Lipinski definition) is 2. The Kier molecular flexibility index (Phi) is 4.12. The normalized spacial score (nSPS) is 11.7. The molecule has 90 valence electrons. The Bertz CT molecular complexity index is 355. The maximum Gasteiger partial charge on any atom is 0.224 e. The van der Waals surface area contributed by atoms with Crippen molar-refractivity contribution >= 4 is 5.91 Å². The van der Waals surface area contributed by atoms with Crippen LogP contribution in [0.5, 0.6) is 0 Å². The van der Waals surface area contributed by atoms with Crippen LogP contribution >= 0.6 is 0 Å². The van der Waals surface area contributed by atoms with Crippen molar-refractivity contribution in [1.29, 1.82) is 0 Å². The first kappa shape index (κ1) is 12.8. The summed E-state index contributed by atoms with van der Waals surface area (Å²) in [6.07, 6.45) is 4.15. The minimum absolute atomic E-state index is 0.272. The van der Waals surface area contributed by atoms with Crippen LogP contribution in [0.15, 0.2) is 18.5 Å². The quantitative estimate of drug-likeness (QED) is 0.759. The SMILES string of the molecule is CCn1ccc(CNCC(C)(C)C(N)=O)c1. The van der Waals surface area contributed by atoms with Crippen LogP contribution < -0.4 is 11.1 Å². The average Bonchev–Trinajstić information content (AvgIpc) is 2.65. The number of rotatable bonds is 6. The molecule has 0 saturated heterocycles. The van der Waals surface area contributed by atoms with E-state index in [2.05, 4.69) is 35.3 Å². The second-order valence-corrected chi connectivity index (χ2v) is 4.70. The van der Waals surface area contributed by atoms with Crippen LogP contribution in [-0.4, -0.2) is 17.0 Å². The molecule has 0 aliphatic rings. The zero-order valence-electron chi connectivity index (χ0n) is 10.3. The highest BCUT2D eigenvalue weighted by Crippen LogP contribution is 2.12. The number of nitrogens with one attached hydrogen (secondary N) is 1. The fourth-order valence-electron chi connectivity index (χ4n) is 1.40. The molecule has 3 N–H and O–H groups in total. The highest BCUT2D eigenvalue weighted by atomic mass is 16.1. The minimum Gasteiger partial charge on any atom is -0.369 e. The number of hydrogen-bond acceptors (Lipinski definition) is 2. The van der Waals surface area contributed by atoms with Crippen molar-refractivity contribution in [3.05, 3.63) is 24.0 Å². The summed E-state index contributed by atoms with van der Waals surface area (Å²) >= 11 is 0. The lowest BCUT2D eigenvalue weighted by atomic mass is 9.93. The summed E-state index contributed by atoms with van der Waals surface area (Å²) in [5.41, 5.74) is 6.02. The van der Waals surface area contributed by atoms with Gasteiger partial charge in [0.25, 0.3) is 0 Å². The van der Waals surface area contributed by atoms with Crippen LogP contribution in [0.2, 0.25) is 0 Å². The molecule has 0 unspecified atom stereocenters. The van der Waals surface area contributed by atoms with Gasteiger partial charge in [-0.25, -0.2) is 0 Å². The fraction of sp³-hybridized carbons (Fsp3) is 0.583. The van der Waals surface area contributed by atoms with E-state index in [-0.39, 0.29) is 5.91 Å². The maximum absolute atomic E-state index is 11.1. The predicted molar refractivity (Wildman–Crippen MR) is 64.8 cm³/mol. The van der Waals surface area contributed by atoms with Crippen molar-refractivity contribution in [2.24, 2.45) is 11.1 Å². The molecule has 0 radical (unpaired) electrons. The van der Waals surface area contributed by atoms with Crippen LogP contribution in [-0.2, 0) is 17.9 Å². The van der Waals surface area contributed by atoms with E-state index in [9.17, 15) is 4.79 Å². The van der Waals surface area contributed by atoms with Gasteiger partial charge in [0.05, 0.1) is 5.41 Å². The van der Waals surface area contributed by atoms with E-state index in [4.69, 9.17) is 5.73 Å². The Morgan fingerprint density at radius 2 is 2.25 bits per heavy atom. The number of aryl methyl sites for hydroxylation is 1. The largest absolute Gasteiger partial charge is 0.369 e. The lowest BCUT2D eigenvalue weighted by Gasteiger charge is -2.20. The molecule has 0 saturated carbocycles. The van der Waals surface area contributed by atoms with Crippen molar-refractivity contribution in [2.75, 3.05) is 6.54 Å². The molecule has 4 nitrogen and oxygen atoms in total. The molecule has 16 heavy (non-hydrogen) atoms. The summed E-state index contributed by atoms with van der Waals surface area (Å²) < 4.78 is 2.12. The summed E-state index contributed by atoms with van der Waals surface area (Å²) in [4.78, 5) is 11.1. The second kappa shape index (κ2) is 5.16. The molecule has 0 aromatic carbocycles. The summed E-state index contributed by atoms with van der Waals surface area (Å²) in [7, 11) is 0. The number of carbonyl (C=O) groups is 1. The second-order valence-electron chi connectivity index (χ2n) is 4.70. The summed E-state index contributed by atoms with van der Waals surface area (Å²) in [5.74, 6) is -0.272. The number of nitrogens with two attached hydrogens (primary N) is 1. The van der Waals surface area contributed by atoms with Gasteiger partial charge >= 0.3 is 0 Å². The standard InChI is InChI=1S/C12H21N3O/c1-4-15-6-5-10(8-15)7-14-9-12(2,3)11(13)16/h5-6,8,14H,4,7,9H2,1-3H3,(H2,13,16). The number of carbonyl (C=O) groups excluding carboxylic acids is 1. The first-order chi connectivity index (χ1) is 7.45. The number of nitrogens with zero attached hydrogens (tertiary/aromatic N) is 1. The van der Waals surface area contributed by atoms with Gasteiger partial charge in [0.1, 0.15) is 0 Å². The first-order valence-corrected chi connectivity index (χ1v) is 5.61. The Morgan fingerprint density at radius 1 is 1.56 bits per heavy atom. The van der Waals surface area contributed by atoms with E-state index in [1.165, 1.54) is 5.56 Å². The van der Waals surface area contributed by atoms with Crippen LogP contribution in [0.4, 0.5) is 0 Å². The van der Waals surface area contributed by atoms with Crippen molar-refractivity contribution in [2.45, 2.75) is 33.9 Å². The Labute approximate surface area is 96.8 Å². The molecular formula is C12H21N3O. The smallest absolute Gasteiger partial charge is 0.224 e. The molecule has 1 rings (SSSR count). The molecule has 0 aliphatic carbocycles. The first-order valence-electron chi connectivity index (χ1n) is 5.61. The zero-order valence-corrected chi connectivity index (χ0v) is 10.3. The Morgan fingerprint density at radius 3 is 2.75 bits per heavy atom. The van der Waals surface area contributed by atoms with Crippen LogP contribution in [0.1, 0.15) is 26.3 Å². The molecule has 1 aromatic rings. The average molecular weight is 223 g/mol. The van der Waals surface area contributed by atoms with Gasteiger partial charge < -0.3 is 15.6 Å². The highest BCUT2D eigenvalue weighted by molar-refractivity contribution is 5.80. The van der Waals surface area contributed by atoms with Gasteiger partial charge in [0.2, 0.25) is 5.91 Å². The molecule has 0 fully saturated rings. The highest BCUT2D eigenvalue weighted by Gasteiger charge is 2.23. The third-order valence-corrected chi connectivity index (χ3v) is 2.74. The van der Waals surface area contributed by atoms with Crippen molar-refractivity contribution < 1.29 is 4.79 Å². The molecule has 0 atom stereocenters. The van der Waals surface area contributed by atoms with Gasteiger partial charge in [-0.2, -0.15) is 0 Å². The lowest BCUT2D eigenvalue weighted by Crippen LogP contribution is -2.40. The molecule has 0 aliphatic heterocycles. The topological polar surface area (TPSA) is 60.1 Å². The summed E-state index contributed by atoms with van der Waals surface area (Å²) in [6.45, 7) is 8.14.